The second-order valence-electron chi connectivity index (χ2n) is 10.9. The first kappa shape index (κ1) is 37.4. The molecule has 4 rings (SSSR count). The standard InChI is InChI=1S/C26H19ClF10N6O5S/c1-12(2)20(44)43(22(11-38)6-7-22)21(45)15-8-13(4-5-16(15)27)14-9-39-42(10-14)19-17(23(28,29)30)18(40-41(19)3)48-49(46,47)24(31,25(32,33)34)26(35,36)37/h4-5,8-10,12H,6-7H2,1-3H3. The Labute approximate surface area is 273 Å². The van der Waals surface area contributed by atoms with Crippen molar-refractivity contribution in [2.24, 2.45) is 13.0 Å². The number of alkyl halides is 10. The number of aromatic nitrogens is 4. The third-order valence-corrected chi connectivity index (χ3v) is 9.00. The Hall–Kier alpha value is -4.39. The van der Waals surface area contributed by atoms with Gasteiger partial charge in [0.05, 0.1) is 22.9 Å². The molecule has 49 heavy (non-hydrogen) atoms. The van der Waals surface area contributed by atoms with Gasteiger partial charge in [-0.15, -0.1) is 5.10 Å². The third kappa shape index (κ3) is 6.28. The van der Waals surface area contributed by atoms with E-state index in [2.05, 4.69) is 14.4 Å². The van der Waals surface area contributed by atoms with Crippen LogP contribution >= 0.6 is 11.6 Å². The van der Waals surface area contributed by atoms with Crippen LogP contribution in [-0.4, -0.2) is 67.6 Å². The molecule has 1 fully saturated rings. The molecule has 0 atom stereocenters. The Morgan fingerprint density at radius 3 is 2.08 bits per heavy atom. The molecule has 2 amide bonds. The van der Waals surface area contributed by atoms with E-state index < -0.39 is 74.2 Å². The van der Waals surface area contributed by atoms with Crippen molar-refractivity contribution in [3.8, 4) is 28.9 Å². The average Bonchev–Trinajstić information content (AvgIpc) is 3.45. The minimum Gasteiger partial charge on any atom is -0.356 e. The molecule has 1 aliphatic rings. The fourth-order valence-corrected chi connectivity index (χ4v) is 5.71. The number of imide groups is 1. The molecule has 1 aliphatic carbocycles. The highest BCUT2D eigenvalue weighted by atomic mass is 35.5. The highest BCUT2D eigenvalue weighted by molar-refractivity contribution is 7.88. The number of amides is 2. The van der Waals surface area contributed by atoms with Gasteiger partial charge in [-0.3, -0.25) is 14.5 Å². The zero-order chi connectivity index (χ0) is 37.3. The Kier molecular flexibility index (Phi) is 9.08. The van der Waals surface area contributed by atoms with Crippen molar-refractivity contribution in [3.63, 3.8) is 0 Å². The summed E-state index contributed by atoms with van der Waals surface area (Å²) < 4.78 is 163. The number of rotatable bonds is 8. The van der Waals surface area contributed by atoms with Crippen molar-refractivity contribution < 1.29 is 66.1 Å². The summed E-state index contributed by atoms with van der Waals surface area (Å²) in [4.78, 5) is 27.3. The molecule has 0 bridgehead atoms. The second kappa shape index (κ2) is 11.9. The van der Waals surface area contributed by atoms with Crippen LogP contribution in [0.4, 0.5) is 43.9 Å². The van der Waals surface area contributed by atoms with Crippen LogP contribution in [0.1, 0.15) is 42.6 Å². The van der Waals surface area contributed by atoms with Crippen molar-refractivity contribution in [1.82, 2.24) is 24.5 Å². The molecule has 11 nitrogen and oxygen atoms in total. The number of hydrogen-bond donors (Lipinski definition) is 0. The quantitative estimate of drug-likeness (QED) is 0.198. The van der Waals surface area contributed by atoms with E-state index in [0.29, 0.717) is 11.7 Å². The molecule has 0 unspecified atom stereocenters. The van der Waals surface area contributed by atoms with E-state index >= 15 is 0 Å². The van der Waals surface area contributed by atoms with E-state index in [0.717, 1.165) is 23.4 Å². The van der Waals surface area contributed by atoms with Crippen molar-refractivity contribution in [1.29, 1.82) is 5.26 Å². The first-order valence-electron chi connectivity index (χ1n) is 13.3. The van der Waals surface area contributed by atoms with Crippen LogP contribution in [0.25, 0.3) is 16.9 Å². The lowest BCUT2D eigenvalue weighted by Crippen LogP contribution is -2.60. The molecule has 1 saturated carbocycles. The van der Waals surface area contributed by atoms with Crippen LogP contribution in [0.3, 0.4) is 0 Å². The predicted octanol–water partition coefficient (Wildman–Crippen LogP) is 6.12. The monoisotopic (exact) mass is 752 g/mol. The van der Waals surface area contributed by atoms with E-state index in [-0.39, 0.29) is 39.2 Å². The number of benzene rings is 1. The SMILES string of the molecule is CC(C)C(=O)N(C(=O)c1cc(-c2cnn(-c3c(C(F)(F)F)c(OS(=O)(=O)C(F)(C(F)(F)F)C(F)(F)F)nn3C)c2)ccc1Cl)C1(C#N)CC1. The highest BCUT2D eigenvalue weighted by Gasteiger charge is 2.82. The lowest BCUT2D eigenvalue weighted by Gasteiger charge is -2.28. The molecular weight excluding hydrogens is 734 g/mol. The lowest BCUT2D eigenvalue weighted by molar-refractivity contribution is -0.307. The summed E-state index contributed by atoms with van der Waals surface area (Å²) in [5, 5.41) is 8.93. The van der Waals surface area contributed by atoms with Gasteiger partial charge in [0.2, 0.25) is 5.91 Å². The van der Waals surface area contributed by atoms with Crippen LogP contribution in [0.15, 0.2) is 30.6 Å². The van der Waals surface area contributed by atoms with Crippen LogP contribution in [0.2, 0.25) is 5.02 Å². The van der Waals surface area contributed by atoms with Gasteiger partial charge in [0.25, 0.3) is 11.8 Å². The van der Waals surface area contributed by atoms with E-state index in [4.69, 9.17) is 11.6 Å². The highest BCUT2D eigenvalue weighted by Crippen LogP contribution is 2.51. The van der Waals surface area contributed by atoms with Gasteiger partial charge in [-0.2, -0.15) is 58.3 Å². The fraction of sp³-hybridized carbons (Fsp3) is 0.423. The maximum Gasteiger partial charge on any atom is 0.450 e. The first-order chi connectivity index (χ1) is 22.2. The van der Waals surface area contributed by atoms with Gasteiger partial charge < -0.3 is 4.18 Å². The van der Waals surface area contributed by atoms with Gasteiger partial charge in [0.1, 0.15) is 5.54 Å². The Morgan fingerprint density at radius 1 is 1.04 bits per heavy atom. The molecule has 0 saturated heterocycles. The zero-order valence-electron chi connectivity index (χ0n) is 24.7. The summed E-state index contributed by atoms with van der Waals surface area (Å²) in [5.41, 5.74) is -4.17. The van der Waals surface area contributed by atoms with Crippen molar-refractivity contribution in [3.05, 3.63) is 46.7 Å². The van der Waals surface area contributed by atoms with Gasteiger partial charge in [0.15, 0.2) is 11.4 Å². The normalized spacial score (nSPS) is 15.2. The van der Waals surface area contributed by atoms with Gasteiger partial charge in [0, 0.05) is 24.7 Å². The molecule has 0 radical (unpaired) electrons. The summed E-state index contributed by atoms with van der Waals surface area (Å²) >= 11 is 6.23. The van der Waals surface area contributed by atoms with E-state index in [9.17, 15) is 67.2 Å². The number of carbonyl (C=O) groups is 2. The molecule has 2 aromatic heterocycles. The molecule has 2 heterocycles. The minimum atomic E-state index is -7.66. The van der Waals surface area contributed by atoms with Crippen LogP contribution < -0.4 is 4.18 Å². The zero-order valence-corrected chi connectivity index (χ0v) is 26.2. The number of hydrogen-bond acceptors (Lipinski definition) is 8. The average molecular weight is 753 g/mol. The maximum atomic E-state index is 14.3. The summed E-state index contributed by atoms with van der Waals surface area (Å²) in [6.45, 7) is 2.98. The van der Waals surface area contributed by atoms with Crippen molar-refractivity contribution in [2.75, 3.05) is 0 Å². The Bertz CT molecular complexity index is 1960. The Morgan fingerprint density at radius 2 is 1.61 bits per heavy atom. The number of nitrogens with zero attached hydrogens (tertiary/aromatic N) is 6. The smallest absolute Gasteiger partial charge is 0.356 e. The van der Waals surface area contributed by atoms with Crippen LogP contribution in [0.5, 0.6) is 5.88 Å². The number of halogens is 11. The maximum absolute atomic E-state index is 14.3. The molecule has 0 aliphatic heterocycles. The van der Waals surface area contributed by atoms with Gasteiger partial charge in [-0.25, -0.2) is 13.8 Å². The van der Waals surface area contributed by atoms with E-state index in [1.165, 1.54) is 26.0 Å². The fourth-order valence-electron chi connectivity index (χ4n) is 4.51. The topological polar surface area (TPSA) is 140 Å². The first-order valence-corrected chi connectivity index (χ1v) is 15.1. The third-order valence-electron chi connectivity index (χ3n) is 7.14. The Balaban J connectivity index is 1.80. The molecular formula is C26H19ClF10N6O5S. The largest absolute Gasteiger partial charge is 0.450 e. The van der Waals surface area contributed by atoms with E-state index in [1.807, 2.05) is 6.07 Å². The number of nitriles is 1. The molecule has 0 N–H and O–H groups in total. The molecule has 1 aromatic carbocycles. The van der Waals surface area contributed by atoms with Crippen LogP contribution in [-0.2, 0) is 28.1 Å². The van der Waals surface area contributed by atoms with Crippen molar-refractivity contribution in [2.45, 2.75) is 55.8 Å². The molecule has 23 heteroatoms. The summed E-state index contributed by atoms with van der Waals surface area (Å²) in [6, 6.07) is 5.49. The predicted molar refractivity (Wildman–Crippen MR) is 145 cm³/mol. The van der Waals surface area contributed by atoms with Gasteiger partial charge in [-0.05, 0) is 30.5 Å². The van der Waals surface area contributed by atoms with Gasteiger partial charge in [-0.1, -0.05) is 31.5 Å². The van der Waals surface area contributed by atoms with Crippen LogP contribution in [0, 0.1) is 17.2 Å². The van der Waals surface area contributed by atoms with E-state index in [1.54, 1.807) is 0 Å². The number of aryl methyl sites for hydroxylation is 1. The second-order valence-corrected chi connectivity index (χ2v) is 12.9. The summed E-state index contributed by atoms with van der Waals surface area (Å²) in [7, 11) is -7.00. The molecule has 3 aromatic rings. The lowest BCUT2D eigenvalue weighted by atomic mass is 10.0. The van der Waals surface area contributed by atoms with Gasteiger partial charge >= 0.3 is 33.6 Å². The summed E-state index contributed by atoms with van der Waals surface area (Å²) in [6.07, 6.45) is -18.2. The minimum absolute atomic E-state index is 0.0186. The molecule has 0 spiro atoms. The number of carbonyl (C=O) groups excluding carboxylic acids is 2. The summed E-state index contributed by atoms with van der Waals surface area (Å²) in [5.74, 6) is -6.07. The van der Waals surface area contributed by atoms with Crippen molar-refractivity contribution >= 4 is 33.5 Å². The molecule has 266 valence electrons.